The first kappa shape index (κ1) is 20.4. The molecule has 1 aliphatic heterocycles. The molecule has 5 nitrogen and oxygen atoms in total. The number of carbonyl (C=O) groups is 2. The van der Waals surface area contributed by atoms with E-state index < -0.39 is 17.3 Å². The molecule has 0 amide bonds. The zero-order chi connectivity index (χ0) is 11.3. The van der Waals surface area contributed by atoms with Crippen LogP contribution in [0, 0.1) is 0 Å². The normalized spacial score (nSPS) is 23.1. The van der Waals surface area contributed by atoms with Crippen LogP contribution in [-0.4, -0.2) is 39.3 Å². The van der Waals surface area contributed by atoms with Crippen molar-refractivity contribution < 1.29 is 86.1 Å². The van der Waals surface area contributed by atoms with E-state index >= 15 is 0 Å². The second-order valence-electron chi connectivity index (χ2n) is 3.81. The average Bonchev–Trinajstić information content (AvgIpc) is 2.15. The topological polar surface area (TPSA) is 72.8 Å². The maximum Gasteiger partial charge on any atom is 1.00 e. The summed E-state index contributed by atoms with van der Waals surface area (Å²) >= 11 is 0. The zero-order valence-electron chi connectivity index (χ0n) is 12.8. The third-order valence-electron chi connectivity index (χ3n) is 2.31. The molecule has 0 bridgehead atoms. The molecule has 1 atom stereocenters. The Kier molecular flexibility index (Phi) is 12.0. The minimum absolute atomic E-state index is 0. The summed E-state index contributed by atoms with van der Waals surface area (Å²) in [6, 6.07) is 0. The molecule has 0 aromatic heterocycles. The van der Waals surface area contributed by atoms with Gasteiger partial charge in [0.05, 0.1) is 29.7 Å². The van der Waals surface area contributed by atoms with E-state index in [0.717, 1.165) is 19.3 Å². The molecule has 0 saturated carbocycles. The van der Waals surface area contributed by atoms with Crippen LogP contribution in [0.4, 0.5) is 0 Å². The summed E-state index contributed by atoms with van der Waals surface area (Å²) in [6.07, 6.45) is 2.46. The fourth-order valence-corrected chi connectivity index (χ4v) is 2.28. The van der Waals surface area contributed by atoms with Crippen LogP contribution in [0.2, 0.25) is 0 Å². The Morgan fingerprint density at radius 3 is 2.47 bits per heavy atom. The maximum absolute atomic E-state index is 11.3. The molecule has 0 aromatic rings. The summed E-state index contributed by atoms with van der Waals surface area (Å²) in [5.74, 6) is -1.46. The Labute approximate surface area is 151 Å². The Morgan fingerprint density at radius 1 is 1.35 bits per heavy atom. The summed E-state index contributed by atoms with van der Waals surface area (Å²) in [5, 5.41) is 8.40. The van der Waals surface area contributed by atoms with Crippen molar-refractivity contribution in [3.05, 3.63) is 0 Å². The Hall–Kier alpha value is 1.12. The maximum atomic E-state index is 11.3. The first-order valence-electron chi connectivity index (χ1n) is 5.09. The molecule has 1 saturated heterocycles. The summed E-state index contributed by atoms with van der Waals surface area (Å²) < 4.78 is 10.6. The zero-order valence-corrected chi connectivity index (χ0v) is 16.8. The molecule has 1 N–H and O–H groups in total. The van der Waals surface area contributed by atoms with Crippen molar-refractivity contribution in [2.45, 2.75) is 37.5 Å². The predicted octanol–water partition coefficient (Wildman–Crippen LogP) is -6.15. The van der Waals surface area contributed by atoms with E-state index in [-0.39, 0.29) is 74.8 Å². The second-order valence-corrected chi connectivity index (χ2v) is 5.33. The predicted molar refractivity (Wildman–Crippen MR) is 57.7 cm³/mol. The molecule has 1 unspecified atom stereocenters. The van der Waals surface area contributed by atoms with E-state index in [9.17, 15) is 9.59 Å². The third kappa shape index (κ3) is 8.77. The van der Waals surface area contributed by atoms with Crippen molar-refractivity contribution in [3.8, 4) is 0 Å². The van der Waals surface area contributed by atoms with Crippen LogP contribution in [0.3, 0.4) is 0 Å². The number of hydrogen-bond donors (Lipinski definition) is 1. The van der Waals surface area contributed by atoms with Crippen LogP contribution in [0.15, 0.2) is 0 Å². The minimum atomic E-state index is -0.987. The monoisotopic (exact) mass is 280 g/mol. The van der Waals surface area contributed by atoms with Gasteiger partial charge in [0.15, 0.2) is 5.41 Å². The molecule has 0 aromatic carbocycles. The van der Waals surface area contributed by atoms with Crippen LogP contribution in [0.5, 0.6) is 0 Å². The second kappa shape index (κ2) is 9.97. The SMILES string of the molecule is O=C(O)CCC(=O)OC1([SiH3])CCCCO1.[H-].[H-].[Na+].[Na+]. The molecule has 0 radical (unpaired) electrons. The molecule has 17 heavy (non-hydrogen) atoms. The smallest absolute Gasteiger partial charge is 1.00 e. The molecule has 90 valence electrons. The Morgan fingerprint density at radius 2 is 2.00 bits per heavy atom. The minimum Gasteiger partial charge on any atom is -1.00 e. The van der Waals surface area contributed by atoms with Gasteiger partial charge in [-0.1, -0.05) is 0 Å². The van der Waals surface area contributed by atoms with Crippen molar-refractivity contribution in [3.63, 3.8) is 0 Å². The number of rotatable bonds is 4. The van der Waals surface area contributed by atoms with Gasteiger partial charge in [-0.3, -0.25) is 9.59 Å². The van der Waals surface area contributed by atoms with E-state index in [0.29, 0.717) is 16.8 Å². The third-order valence-corrected chi connectivity index (χ3v) is 3.30. The van der Waals surface area contributed by atoms with Gasteiger partial charge in [-0.15, -0.1) is 0 Å². The van der Waals surface area contributed by atoms with Gasteiger partial charge < -0.3 is 17.4 Å². The van der Waals surface area contributed by atoms with Crippen molar-refractivity contribution in [1.82, 2.24) is 0 Å². The van der Waals surface area contributed by atoms with Crippen LogP contribution in [0.25, 0.3) is 0 Å². The summed E-state index contributed by atoms with van der Waals surface area (Å²) in [7, 11) is 0.619. The van der Waals surface area contributed by atoms with E-state index in [2.05, 4.69) is 0 Å². The first-order valence-corrected chi connectivity index (χ1v) is 6.09. The van der Waals surface area contributed by atoms with Gasteiger partial charge in [0.2, 0.25) is 0 Å². The average molecular weight is 280 g/mol. The molecule has 1 rings (SSSR count). The van der Waals surface area contributed by atoms with Gasteiger partial charge in [0.1, 0.15) is 0 Å². The number of aliphatic carboxylic acids is 1. The number of esters is 1. The number of hydrogen-bond acceptors (Lipinski definition) is 4. The van der Waals surface area contributed by atoms with Crippen molar-refractivity contribution >= 4 is 22.2 Å². The first-order chi connectivity index (χ1) is 7.02. The Bertz CT molecular complexity index is 265. The number of carboxylic acid groups (broad SMARTS) is 1. The summed E-state index contributed by atoms with van der Waals surface area (Å²) in [4.78, 5) is 21.5. The Balaban J connectivity index is -0.000000281. The van der Waals surface area contributed by atoms with E-state index in [1.54, 1.807) is 0 Å². The number of ether oxygens (including phenoxy) is 2. The van der Waals surface area contributed by atoms with Crippen molar-refractivity contribution in [1.29, 1.82) is 0 Å². The molecule has 1 fully saturated rings. The molecular weight excluding hydrogens is 262 g/mol. The van der Waals surface area contributed by atoms with Gasteiger partial charge in [-0.25, -0.2) is 0 Å². The largest absolute Gasteiger partial charge is 1.00 e. The van der Waals surface area contributed by atoms with Gasteiger partial charge in [-0.2, -0.15) is 0 Å². The molecule has 1 heterocycles. The van der Waals surface area contributed by atoms with Gasteiger partial charge in [-0.05, 0) is 12.8 Å². The molecular formula is C9H18Na2O5Si. The summed E-state index contributed by atoms with van der Waals surface area (Å²) in [5.41, 5.74) is -0.714. The number of carbonyl (C=O) groups excluding carboxylic acids is 1. The quantitative estimate of drug-likeness (QED) is 0.410. The number of carboxylic acids is 1. The van der Waals surface area contributed by atoms with E-state index in [1.807, 2.05) is 0 Å². The van der Waals surface area contributed by atoms with Crippen LogP contribution >= 0.6 is 0 Å². The molecule has 1 aliphatic rings. The van der Waals surface area contributed by atoms with Crippen molar-refractivity contribution in [2.24, 2.45) is 0 Å². The fraction of sp³-hybridized carbons (Fsp3) is 0.778. The molecule has 0 spiro atoms. The van der Waals surface area contributed by atoms with Crippen molar-refractivity contribution in [2.75, 3.05) is 6.61 Å². The van der Waals surface area contributed by atoms with Crippen LogP contribution in [-0.2, 0) is 19.1 Å². The van der Waals surface area contributed by atoms with E-state index in [4.69, 9.17) is 14.6 Å². The molecule has 8 heteroatoms. The summed E-state index contributed by atoms with van der Waals surface area (Å²) in [6.45, 7) is 0.621. The fourth-order valence-electron chi connectivity index (χ4n) is 1.49. The van der Waals surface area contributed by atoms with Gasteiger partial charge >= 0.3 is 71.1 Å². The van der Waals surface area contributed by atoms with Gasteiger partial charge in [0, 0.05) is 6.42 Å². The van der Waals surface area contributed by atoms with Gasteiger partial charge in [0.25, 0.3) is 0 Å². The van der Waals surface area contributed by atoms with E-state index in [1.165, 1.54) is 0 Å². The standard InChI is InChI=1S/C9H16O5Si.2Na.2H/c10-7(11)3-4-8(12)14-9(15)5-1-2-6-13-9;;;;/h1-6H2,15H3,(H,10,11);;;;/q;2*+1;2*-1. The molecule has 0 aliphatic carbocycles. The van der Waals surface area contributed by atoms with Crippen LogP contribution in [0.1, 0.15) is 35.0 Å². The van der Waals surface area contributed by atoms with Crippen LogP contribution < -0.4 is 59.1 Å².